The molecule has 150 valence electrons. The highest BCUT2D eigenvalue weighted by molar-refractivity contribution is 9.10. The van der Waals surface area contributed by atoms with Crippen molar-refractivity contribution in [3.8, 4) is 5.88 Å². The Labute approximate surface area is 170 Å². The number of guanidine groups is 1. The number of nitrogens with one attached hydrogen (secondary N) is 1. The summed E-state index contributed by atoms with van der Waals surface area (Å²) in [4.78, 5) is 20.4. The molecule has 2 saturated heterocycles. The van der Waals surface area contributed by atoms with Crippen molar-refractivity contribution in [2.24, 2.45) is 10.9 Å². The maximum atomic E-state index is 5.28. The number of anilines is 1. The number of methoxy groups -OCH3 is 1. The fourth-order valence-electron chi connectivity index (χ4n) is 3.69. The largest absolute Gasteiger partial charge is 0.480 e. The molecule has 2 fully saturated rings. The standard InChI is InChI=1S/C18H30BrN7O/c1-4-24-6-5-14(13-24)11-21-17(20-2)25-7-9-26(10-8-25)18-22-12-15(19)16(23-18)27-3/h12,14H,4-11,13H2,1-3H3,(H,20,21). The van der Waals surface area contributed by atoms with Gasteiger partial charge < -0.3 is 24.8 Å². The number of aliphatic imine (C=N–C) groups is 1. The van der Waals surface area contributed by atoms with Crippen molar-refractivity contribution >= 4 is 27.8 Å². The summed E-state index contributed by atoms with van der Waals surface area (Å²) in [7, 11) is 3.49. The van der Waals surface area contributed by atoms with E-state index in [1.165, 1.54) is 19.5 Å². The number of hydrogen-bond donors (Lipinski definition) is 1. The Morgan fingerprint density at radius 3 is 2.74 bits per heavy atom. The average molecular weight is 440 g/mol. The van der Waals surface area contributed by atoms with Gasteiger partial charge >= 0.3 is 0 Å². The minimum atomic E-state index is 0.567. The Bertz CT molecular complexity index is 649. The zero-order valence-electron chi connectivity index (χ0n) is 16.5. The summed E-state index contributed by atoms with van der Waals surface area (Å²) in [6.45, 7) is 10.3. The molecule has 0 radical (unpaired) electrons. The number of rotatable bonds is 5. The van der Waals surface area contributed by atoms with Gasteiger partial charge in [-0.1, -0.05) is 6.92 Å². The van der Waals surface area contributed by atoms with E-state index in [9.17, 15) is 0 Å². The smallest absolute Gasteiger partial charge is 0.232 e. The Hall–Kier alpha value is -1.61. The molecule has 3 rings (SSSR count). The Morgan fingerprint density at radius 2 is 2.11 bits per heavy atom. The Morgan fingerprint density at radius 1 is 1.33 bits per heavy atom. The zero-order valence-corrected chi connectivity index (χ0v) is 18.1. The Balaban J connectivity index is 1.50. The van der Waals surface area contributed by atoms with Crippen LogP contribution < -0.4 is 15.0 Å². The molecule has 1 aromatic heterocycles. The van der Waals surface area contributed by atoms with Crippen LogP contribution in [0.4, 0.5) is 5.95 Å². The summed E-state index contributed by atoms with van der Waals surface area (Å²) in [5, 5.41) is 3.58. The molecule has 0 bridgehead atoms. The second kappa shape index (κ2) is 9.54. The normalized spacial score (nSPS) is 21.6. The van der Waals surface area contributed by atoms with Gasteiger partial charge in [0.05, 0.1) is 17.8 Å². The van der Waals surface area contributed by atoms with Gasteiger partial charge in [0.25, 0.3) is 0 Å². The van der Waals surface area contributed by atoms with Crippen LogP contribution in [0, 0.1) is 5.92 Å². The highest BCUT2D eigenvalue weighted by atomic mass is 79.9. The van der Waals surface area contributed by atoms with Gasteiger partial charge in [-0.2, -0.15) is 4.98 Å². The SMILES string of the molecule is CCN1CCC(CNC(=NC)N2CCN(c3ncc(Br)c(OC)n3)CC2)C1. The van der Waals surface area contributed by atoms with E-state index in [1.54, 1.807) is 13.3 Å². The van der Waals surface area contributed by atoms with Crippen molar-refractivity contribution < 1.29 is 4.74 Å². The lowest BCUT2D eigenvalue weighted by molar-refractivity contribution is 0.337. The van der Waals surface area contributed by atoms with E-state index in [2.05, 4.69) is 57.8 Å². The highest BCUT2D eigenvalue weighted by Crippen LogP contribution is 2.24. The first-order chi connectivity index (χ1) is 13.1. The molecule has 1 N–H and O–H groups in total. The lowest BCUT2D eigenvalue weighted by Gasteiger charge is -2.36. The van der Waals surface area contributed by atoms with Crippen LogP contribution >= 0.6 is 15.9 Å². The second-order valence-electron chi connectivity index (χ2n) is 6.98. The topological polar surface area (TPSA) is 69.1 Å². The molecular weight excluding hydrogens is 410 g/mol. The summed E-state index contributed by atoms with van der Waals surface area (Å²) in [6.07, 6.45) is 3.02. The molecule has 8 nitrogen and oxygen atoms in total. The molecule has 0 spiro atoms. The predicted octanol–water partition coefficient (Wildman–Crippen LogP) is 1.29. The number of ether oxygens (including phenoxy) is 1. The first-order valence-electron chi connectivity index (χ1n) is 9.64. The van der Waals surface area contributed by atoms with Gasteiger partial charge in [0.2, 0.25) is 11.8 Å². The van der Waals surface area contributed by atoms with Crippen LogP contribution in [0.5, 0.6) is 5.88 Å². The van der Waals surface area contributed by atoms with Crippen LogP contribution in [0.15, 0.2) is 15.7 Å². The summed E-state index contributed by atoms with van der Waals surface area (Å²) in [6, 6.07) is 0. The molecule has 27 heavy (non-hydrogen) atoms. The molecule has 1 atom stereocenters. The molecule has 3 heterocycles. The average Bonchev–Trinajstić information content (AvgIpc) is 3.17. The Kier molecular flexibility index (Phi) is 7.12. The van der Waals surface area contributed by atoms with Crippen molar-refractivity contribution in [3.05, 3.63) is 10.7 Å². The van der Waals surface area contributed by atoms with Crippen molar-refractivity contribution in [2.45, 2.75) is 13.3 Å². The van der Waals surface area contributed by atoms with Crippen molar-refractivity contribution in [1.82, 2.24) is 25.1 Å². The maximum absolute atomic E-state index is 5.28. The molecular formula is C18H30BrN7O. The third-order valence-electron chi connectivity index (χ3n) is 5.33. The summed E-state index contributed by atoms with van der Waals surface area (Å²) in [5.41, 5.74) is 0. The summed E-state index contributed by atoms with van der Waals surface area (Å²) >= 11 is 3.40. The number of halogens is 1. The molecule has 9 heteroatoms. The molecule has 2 aliphatic heterocycles. The van der Waals surface area contributed by atoms with E-state index in [4.69, 9.17) is 4.74 Å². The minimum Gasteiger partial charge on any atom is -0.480 e. The molecule has 0 amide bonds. The molecule has 2 aliphatic rings. The quantitative estimate of drug-likeness (QED) is 0.547. The van der Waals surface area contributed by atoms with E-state index >= 15 is 0 Å². The fourth-order valence-corrected chi connectivity index (χ4v) is 4.04. The summed E-state index contributed by atoms with van der Waals surface area (Å²) < 4.78 is 6.05. The fraction of sp³-hybridized carbons (Fsp3) is 0.722. The monoisotopic (exact) mass is 439 g/mol. The third-order valence-corrected chi connectivity index (χ3v) is 5.88. The van der Waals surface area contributed by atoms with Crippen LogP contribution in [0.25, 0.3) is 0 Å². The molecule has 1 unspecified atom stereocenters. The number of nitrogens with zero attached hydrogens (tertiary/aromatic N) is 6. The second-order valence-corrected chi connectivity index (χ2v) is 7.83. The number of piperazine rings is 1. The van der Waals surface area contributed by atoms with Gasteiger partial charge in [0.1, 0.15) is 0 Å². The molecule has 1 aromatic rings. The maximum Gasteiger partial charge on any atom is 0.232 e. The lowest BCUT2D eigenvalue weighted by Crippen LogP contribution is -2.53. The van der Waals surface area contributed by atoms with Gasteiger partial charge in [0.15, 0.2) is 5.96 Å². The van der Waals surface area contributed by atoms with Gasteiger partial charge in [0, 0.05) is 46.3 Å². The van der Waals surface area contributed by atoms with E-state index in [-0.39, 0.29) is 0 Å². The summed E-state index contributed by atoms with van der Waals surface area (Å²) in [5.74, 6) is 2.99. The number of likely N-dealkylation sites (tertiary alicyclic amines) is 1. The lowest BCUT2D eigenvalue weighted by atomic mass is 10.1. The predicted molar refractivity (Wildman–Crippen MR) is 112 cm³/mol. The zero-order chi connectivity index (χ0) is 19.2. The molecule has 0 saturated carbocycles. The van der Waals surface area contributed by atoms with E-state index in [0.29, 0.717) is 17.7 Å². The van der Waals surface area contributed by atoms with Crippen LogP contribution in [-0.4, -0.2) is 92.2 Å². The van der Waals surface area contributed by atoms with E-state index in [1.807, 2.05) is 7.05 Å². The number of aromatic nitrogens is 2. The van der Waals surface area contributed by atoms with Crippen LogP contribution in [0.1, 0.15) is 13.3 Å². The van der Waals surface area contributed by atoms with Crippen molar-refractivity contribution in [1.29, 1.82) is 0 Å². The highest BCUT2D eigenvalue weighted by Gasteiger charge is 2.24. The van der Waals surface area contributed by atoms with Gasteiger partial charge in [-0.3, -0.25) is 4.99 Å². The third kappa shape index (κ3) is 5.01. The van der Waals surface area contributed by atoms with E-state index in [0.717, 1.165) is 49.7 Å². The van der Waals surface area contributed by atoms with Gasteiger partial charge in [-0.15, -0.1) is 0 Å². The van der Waals surface area contributed by atoms with Crippen LogP contribution in [-0.2, 0) is 0 Å². The number of hydrogen-bond acceptors (Lipinski definition) is 6. The first kappa shape index (κ1) is 20.1. The molecule has 0 aliphatic carbocycles. The molecule has 0 aromatic carbocycles. The first-order valence-corrected chi connectivity index (χ1v) is 10.4. The van der Waals surface area contributed by atoms with Gasteiger partial charge in [-0.05, 0) is 41.4 Å². The van der Waals surface area contributed by atoms with E-state index < -0.39 is 0 Å². The van der Waals surface area contributed by atoms with Crippen molar-refractivity contribution in [3.63, 3.8) is 0 Å². The minimum absolute atomic E-state index is 0.567. The van der Waals surface area contributed by atoms with Crippen LogP contribution in [0.2, 0.25) is 0 Å². The van der Waals surface area contributed by atoms with Crippen LogP contribution in [0.3, 0.4) is 0 Å². The van der Waals surface area contributed by atoms with Gasteiger partial charge in [-0.25, -0.2) is 4.98 Å². The van der Waals surface area contributed by atoms with Crippen molar-refractivity contribution in [2.75, 3.05) is 71.4 Å².